The van der Waals surface area contributed by atoms with Gasteiger partial charge >= 0.3 is 0 Å². The second-order valence-electron chi connectivity index (χ2n) is 3.94. The molecule has 3 nitrogen and oxygen atoms in total. The van der Waals surface area contributed by atoms with E-state index >= 15 is 0 Å². The van der Waals surface area contributed by atoms with Crippen molar-refractivity contribution in [2.75, 3.05) is 17.6 Å². The van der Waals surface area contributed by atoms with E-state index in [0.29, 0.717) is 0 Å². The van der Waals surface area contributed by atoms with E-state index in [0.717, 1.165) is 40.1 Å². The van der Waals surface area contributed by atoms with Crippen LogP contribution in [0, 0.1) is 6.92 Å². The van der Waals surface area contributed by atoms with Crippen molar-refractivity contribution in [3.05, 3.63) is 46.3 Å². The maximum Gasteiger partial charge on any atom is 0.105 e. The molecule has 0 saturated carbocycles. The smallest absolute Gasteiger partial charge is 0.105 e. The Morgan fingerprint density at radius 2 is 2.24 bits per heavy atom. The van der Waals surface area contributed by atoms with Gasteiger partial charge in [-0.3, -0.25) is 0 Å². The van der Waals surface area contributed by atoms with Crippen LogP contribution in [0.2, 0.25) is 0 Å². The van der Waals surface area contributed by atoms with Crippen molar-refractivity contribution in [1.82, 2.24) is 0 Å². The van der Waals surface area contributed by atoms with Crippen molar-refractivity contribution in [3.8, 4) is 0 Å². The zero-order valence-corrected chi connectivity index (χ0v) is 11.3. The summed E-state index contributed by atoms with van der Waals surface area (Å²) in [5, 5.41) is 3.36. The SMILES string of the molecule is Cc1cc(NCCc2ccco2)c(Br)cc1N. The van der Waals surface area contributed by atoms with Gasteiger partial charge in [0.1, 0.15) is 5.76 Å². The molecule has 0 unspecified atom stereocenters. The first-order chi connectivity index (χ1) is 8.16. The van der Waals surface area contributed by atoms with Crippen LogP contribution in [0.15, 0.2) is 39.4 Å². The zero-order chi connectivity index (χ0) is 12.3. The number of nitrogens with one attached hydrogen (secondary N) is 1. The Labute approximate surface area is 109 Å². The van der Waals surface area contributed by atoms with Crippen LogP contribution in [-0.4, -0.2) is 6.54 Å². The summed E-state index contributed by atoms with van der Waals surface area (Å²) >= 11 is 3.49. The Bertz CT molecular complexity index is 494. The van der Waals surface area contributed by atoms with Crippen LogP contribution in [0.25, 0.3) is 0 Å². The lowest BCUT2D eigenvalue weighted by Crippen LogP contribution is -2.05. The third kappa shape index (κ3) is 3.03. The summed E-state index contributed by atoms with van der Waals surface area (Å²) in [7, 11) is 0. The highest BCUT2D eigenvalue weighted by atomic mass is 79.9. The molecule has 90 valence electrons. The summed E-state index contributed by atoms with van der Waals surface area (Å²) < 4.78 is 6.26. The van der Waals surface area contributed by atoms with Gasteiger partial charge in [0.25, 0.3) is 0 Å². The number of hydrogen-bond acceptors (Lipinski definition) is 3. The summed E-state index contributed by atoms with van der Waals surface area (Å²) in [5.41, 5.74) is 8.76. The molecule has 1 aromatic heterocycles. The highest BCUT2D eigenvalue weighted by Crippen LogP contribution is 2.27. The molecule has 0 amide bonds. The number of nitrogens with two attached hydrogens (primary N) is 1. The minimum atomic E-state index is 0.799. The molecule has 2 rings (SSSR count). The lowest BCUT2D eigenvalue weighted by molar-refractivity contribution is 0.513. The zero-order valence-electron chi connectivity index (χ0n) is 9.66. The molecule has 0 aliphatic carbocycles. The monoisotopic (exact) mass is 294 g/mol. The van der Waals surface area contributed by atoms with E-state index in [9.17, 15) is 0 Å². The Morgan fingerprint density at radius 1 is 1.41 bits per heavy atom. The first kappa shape index (κ1) is 12.0. The number of aryl methyl sites for hydroxylation is 1. The standard InChI is InChI=1S/C13H15BrN2O/c1-9-7-13(11(14)8-12(9)15)16-5-4-10-3-2-6-17-10/h2-3,6-8,16H,4-5,15H2,1H3. The van der Waals surface area contributed by atoms with Gasteiger partial charge in [-0.15, -0.1) is 0 Å². The molecule has 0 spiro atoms. The molecule has 17 heavy (non-hydrogen) atoms. The van der Waals surface area contributed by atoms with Gasteiger partial charge < -0.3 is 15.5 Å². The molecule has 2 aromatic rings. The van der Waals surface area contributed by atoms with E-state index in [2.05, 4.69) is 21.2 Å². The van der Waals surface area contributed by atoms with Gasteiger partial charge in [0, 0.05) is 28.8 Å². The van der Waals surface area contributed by atoms with Crippen molar-refractivity contribution < 1.29 is 4.42 Å². The average molecular weight is 295 g/mol. The molecule has 3 N–H and O–H groups in total. The third-order valence-corrected chi connectivity index (χ3v) is 3.28. The van der Waals surface area contributed by atoms with Gasteiger partial charge in [-0.2, -0.15) is 0 Å². The van der Waals surface area contributed by atoms with Gasteiger partial charge in [-0.25, -0.2) is 0 Å². The van der Waals surface area contributed by atoms with E-state index in [1.54, 1.807) is 6.26 Å². The van der Waals surface area contributed by atoms with Crippen LogP contribution in [-0.2, 0) is 6.42 Å². The number of furan rings is 1. The fourth-order valence-electron chi connectivity index (χ4n) is 1.61. The minimum absolute atomic E-state index is 0.799. The van der Waals surface area contributed by atoms with Crippen LogP contribution < -0.4 is 11.1 Å². The lowest BCUT2D eigenvalue weighted by atomic mass is 10.2. The average Bonchev–Trinajstić information content (AvgIpc) is 2.78. The lowest BCUT2D eigenvalue weighted by Gasteiger charge is -2.10. The molecule has 0 radical (unpaired) electrons. The highest BCUT2D eigenvalue weighted by Gasteiger charge is 2.03. The first-order valence-corrected chi connectivity index (χ1v) is 6.28. The Hall–Kier alpha value is -1.42. The van der Waals surface area contributed by atoms with Crippen LogP contribution in [0.3, 0.4) is 0 Å². The molecule has 0 atom stereocenters. The number of nitrogen functional groups attached to an aromatic ring is 1. The van der Waals surface area contributed by atoms with Gasteiger partial charge in [-0.05, 0) is 52.7 Å². The highest BCUT2D eigenvalue weighted by molar-refractivity contribution is 9.10. The van der Waals surface area contributed by atoms with Gasteiger partial charge in [0.05, 0.1) is 6.26 Å². The molecule has 1 aromatic carbocycles. The number of hydrogen-bond donors (Lipinski definition) is 2. The van der Waals surface area contributed by atoms with Crippen LogP contribution in [0.5, 0.6) is 0 Å². The molecular formula is C13H15BrN2O. The van der Waals surface area contributed by atoms with Crippen LogP contribution >= 0.6 is 15.9 Å². The number of halogens is 1. The van der Waals surface area contributed by atoms with E-state index in [1.807, 2.05) is 31.2 Å². The molecule has 0 saturated heterocycles. The third-order valence-electron chi connectivity index (χ3n) is 2.62. The van der Waals surface area contributed by atoms with E-state index < -0.39 is 0 Å². The van der Waals surface area contributed by atoms with E-state index in [4.69, 9.17) is 10.2 Å². The van der Waals surface area contributed by atoms with Gasteiger partial charge in [-0.1, -0.05) is 0 Å². The summed E-state index contributed by atoms with van der Waals surface area (Å²) in [6, 6.07) is 7.84. The minimum Gasteiger partial charge on any atom is -0.469 e. The Kier molecular flexibility index (Phi) is 3.74. The number of benzene rings is 1. The summed E-state index contributed by atoms with van der Waals surface area (Å²) in [6.45, 7) is 2.83. The van der Waals surface area contributed by atoms with Crippen molar-refractivity contribution in [2.24, 2.45) is 0 Å². The molecule has 4 heteroatoms. The summed E-state index contributed by atoms with van der Waals surface area (Å²) in [6.07, 6.45) is 2.56. The van der Waals surface area contributed by atoms with Crippen LogP contribution in [0.4, 0.5) is 11.4 Å². The maximum absolute atomic E-state index is 5.82. The number of anilines is 2. The van der Waals surface area contributed by atoms with Gasteiger partial charge in [0.15, 0.2) is 0 Å². The van der Waals surface area contributed by atoms with E-state index in [1.165, 1.54) is 0 Å². The molecule has 0 fully saturated rings. The second-order valence-corrected chi connectivity index (χ2v) is 4.80. The quantitative estimate of drug-likeness (QED) is 0.848. The first-order valence-electron chi connectivity index (χ1n) is 5.48. The van der Waals surface area contributed by atoms with E-state index in [-0.39, 0.29) is 0 Å². The van der Waals surface area contributed by atoms with Crippen LogP contribution in [0.1, 0.15) is 11.3 Å². The van der Waals surface area contributed by atoms with Gasteiger partial charge in [0.2, 0.25) is 0 Å². The molecule has 0 aliphatic rings. The summed E-state index contributed by atoms with van der Waals surface area (Å²) in [5.74, 6) is 0.987. The predicted molar refractivity (Wildman–Crippen MR) is 74.2 cm³/mol. The van der Waals surface area contributed by atoms with Crippen molar-refractivity contribution >= 4 is 27.3 Å². The largest absolute Gasteiger partial charge is 0.469 e. The fourth-order valence-corrected chi connectivity index (χ4v) is 2.11. The summed E-state index contributed by atoms with van der Waals surface area (Å²) in [4.78, 5) is 0. The molecule has 0 bridgehead atoms. The Balaban J connectivity index is 1.97. The van der Waals surface area contributed by atoms with Crippen molar-refractivity contribution in [2.45, 2.75) is 13.3 Å². The fraction of sp³-hybridized carbons (Fsp3) is 0.231. The maximum atomic E-state index is 5.82. The number of rotatable bonds is 4. The second kappa shape index (κ2) is 5.27. The topological polar surface area (TPSA) is 51.2 Å². The van der Waals surface area contributed by atoms with Crippen molar-refractivity contribution in [1.29, 1.82) is 0 Å². The molecule has 1 heterocycles. The molecule has 0 aliphatic heterocycles. The normalized spacial score (nSPS) is 10.5. The predicted octanol–water partition coefficient (Wildman–Crippen LogP) is 3.59. The Morgan fingerprint density at radius 3 is 2.94 bits per heavy atom. The molecular weight excluding hydrogens is 280 g/mol. The van der Waals surface area contributed by atoms with Crippen molar-refractivity contribution in [3.63, 3.8) is 0 Å².